The van der Waals surface area contributed by atoms with Crippen LogP contribution < -0.4 is 10.6 Å². The average molecular weight is 288 g/mol. The Bertz CT molecular complexity index is 522. The van der Waals surface area contributed by atoms with Crippen molar-refractivity contribution in [2.75, 3.05) is 23.7 Å². The molecule has 0 spiro atoms. The van der Waals surface area contributed by atoms with Gasteiger partial charge in [0, 0.05) is 25.1 Å². The predicted octanol–water partition coefficient (Wildman–Crippen LogP) is 1.28. The maximum atomic E-state index is 12.7. The van der Waals surface area contributed by atoms with Crippen LogP contribution >= 0.6 is 0 Å². The van der Waals surface area contributed by atoms with Crippen LogP contribution in [0.5, 0.6) is 0 Å². The van der Waals surface area contributed by atoms with E-state index in [1.54, 1.807) is 4.90 Å². The number of aromatic nitrogens is 2. The third kappa shape index (κ3) is 2.28. The number of halogens is 3. The van der Waals surface area contributed by atoms with Crippen molar-refractivity contribution in [2.24, 2.45) is 11.8 Å². The number of aliphatic hydroxyl groups excluding tert-OH is 1. The van der Waals surface area contributed by atoms with Gasteiger partial charge in [-0.25, -0.2) is 4.98 Å². The molecule has 3 N–H and O–H groups in total. The topological polar surface area (TPSA) is 75.3 Å². The van der Waals surface area contributed by atoms with Crippen molar-refractivity contribution in [3.05, 3.63) is 11.8 Å². The van der Waals surface area contributed by atoms with Crippen LogP contribution in [0.4, 0.5) is 24.9 Å². The smallest absolute Gasteiger partial charge is 0.393 e. The molecule has 1 aliphatic carbocycles. The molecule has 110 valence electrons. The highest BCUT2D eigenvalue weighted by Crippen LogP contribution is 2.40. The molecule has 2 heterocycles. The fourth-order valence-corrected chi connectivity index (χ4v) is 3.18. The molecule has 2 fully saturated rings. The van der Waals surface area contributed by atoms with Gasteiger partial charge in [0.2, 0.25) is 5.95 Å². The largest absolute Gasteiger partial charge is 0.433 e. The van der Waals surface area contributed by atoms with E-state index < -0.39 is 11.9 Å². The summed E-state index contributed by atoms with van der Waals surface area (Å²) in [5, 5.41) is 9.84. The molecule has 5 nitrogen and oxygen atoms in total. The molecular formula is C12H15F3N4O. The fraction of sp³-hybridized carbons (Fsp3) is 0.667. The zero-order valence-electron chi connectivity index (χ0n) is 10.6. The van der Waals surface area contributed by atoms with Crippen LogP contribution in [0.15, 0.2) is 6.07 Å². The van der Waals surface area contributed by atoms with Crippen molar-refractivity contribution in [2.45, 2.75) is 25.1 Å². The number of anilines is 2. The molecule has 1 aromatic rings. The number of rotatable bonds is 1. The SMILES string of the molecule is Nc1nc(N2CC3CCC(O)C3C2)cc(C(F)(F)F)n1. The highest BCUT2D eigenvalue weighted by Gasteiger charge is 2.43. The summed E-state index contributed by atoms with van der Waals surface area (Å²) < 4.78 is 38.2. The second-order valence-electron chi connectivity index (χ2n) is 5.44. The van der Waals surface area contributed by atoms with E-state index >= 15 is 0 Å². The van der Waals surface area contributed by atoms with Gasteiger partial charge in [-0.2, -0.15) is 18.2 Å². The molecule has 2 aliphatic rings. The Hall–Kier alpha value is -1.57. The van der Waals surface area contributed by atoms with Crippen molar-refractivity contribution < 1.29 is 18.3 Å². The second kappa shape index (κ2) is 4.47. The van der Waals surface area contributed by atoms with Crippen molar-refractivity contribution >= 4 is 11.8 Å². The summed E-state index contributed by atoms with van der Waals surface area (Å²) in [5.74, 6) is 0.231. The number of hydrogen-bond donors (Lipinski definition) is 2. The van der Waals surface area contributed by atoms with Crippen LogP contribution in [0.1, 0.15) is 18.5 Å². The molecule has 1 saturated heterocycles. The Balaban J connectivity index is 1.86. The van der Waals surface area contributed by atoms with Crippen LogP contribution in [0.2, 0.25) is 0 Å². The van der Waals surface area contributed by atoms with Crippen molar-refractivity contribution in [3.8, 4) is 0 Å². The van der Waals surface area contributed by atoms with Gasteiger partial charge in [-0.1, -0.05) is 0 Å². The molecule has 0 radical (unpaired) electrons. The summed E-state index contributed by atoms with van der Waals surface area (Å²) in [7, 11) is 0. The first kappa shape index (κ1) is 13.4. The Morgan fingerprint density at radius 2 is 2.00 bits per heavy atom. The minimum atomic E-state index is -4.54. The highest BCUT2D eigenvalue weighted by atomic mass is 19.4. The zero-order valence-corrected chi connectivity index (χ0v) is 10.6. The van der Waals surface area contributed by atoms with Gasteiger partial charge in [-0.05, 0) is 18.8 Å². The van der Waals surface area contributed by atoms with Gasteiger partial charge < -0.3 is 15.7 Å². The number of nitrogens with two attached hydrogens (primary N) is 1. The van der Waals surface area contributed by atoms with Crippen molar-refractivity contribution in [1.29, 1.82) is 0 Å². The predicted molar refractivity (Wildman–Crippen MR) is 65.9 cm³/mol. The maximum Gasteiger partial charge on any atom is 0.433 e. The monoisotopic (exact) mass is 288 g/mol. The molecule has 1 aromatic heterocycles. The first-order valence-corrected chi connectivity index (χ1v) is 6.49. The van der Waals surface area contributed by atoms with E-state index in [0.717, 1.165) is 18.9 Å². The molecule has 0 bridgehead atoms. The molecule has 3 rings (SSSR count). The van der Waals surface area contributed by atoms with Crippen LogP contribution in [0.25, 0.3) is 0 Å². The minimum absolute atomic E-state index is 0.112. The van der Waals surface area contributed by atoms with Gasteiger partial charge in [-0.3, -0.25) is 0 Å². The molecule has 1 aliphatic heterocycles. The van der Waals surface area contributed by atoms with Gasteiger partial charge in [0.25, 0.3) is 0 Å². The van der Waals surface area contributed by atoms with E-state index in [0.29, 0.717) is 19.0 Å². The third-order valence-corrected chi connectivity index (χ3v) is 4.16. The highest BCUT2D eigenvalue weighted by molar-refractivity contribution is 5.45. The first-order valence-electron chi connectivity index (χ1n) is 6.49. The average Bonchev–Trinajstić information content (AvgIpc) is 2.90. The Morgan fingerprint density at radius 1 is 1.25 bits per heavy atom. The Kier molecular flexibility index (Phi) is 3.00. The lowest BCUT2D eigenvalue weighted by atomic mass is 10.00. The lowest BCUT2D eigenvalue weighted by molar-refractivity contribution is -0.141. The van der Waals surface area contributed by atoms with E-state index in [9.17, 15) is 18.3 Å². The van der Waals surface area contributed by atoms with E-state index in [2.05, 4.69) is 9.97 Å². The number of fused-ring (bicyclic) bond motifs is 1. The van der Waals surface area contributed by atoms with Gasteiger partial charge in [0.15, 0.2) is 5.69 Å². The molecule has 3 unspecified atom stereocenters. The lowest BCUT2D eigenvalue weighted by Crippen LogP contribution is -2.26. The number of alkyl halides is 3. The lowest BCUT2D eigenvalue weighted by Gasteiger charge is -2.20. The summed E-state index contributed by atoms with van der Waals surface area (Å²) in [5.41, 5.74) is 4.34. The van der Waals surface area contributed by atoms with Crippen molar-refractivity contribution in [1.82, 2.24) is 9.97 Å². The molecular weight excluding hydrogens is 273 g/mol. The molecule has 3 atom stereocenters. The number of nitrogen functional groups attached to an aromatic ring is 1. The zero-order chi connectivity index (χ0) is 14.5. The van der Waals surface area contributed by atoms with Crippen LogP contribution in [0, 0.1) is 11.8 Å². The Labute approximate surface area is 113 Å². The third-order valence-electron chi connectivity index (χ3n) is 4.16. The standard InChI is InChI=1S/C12H15F3N4O/c13-12(14,15)9-3-10(18-11(16)17-9)19-4-6-1-2-8(20)7(6)5-19/h3,6-8,20H,1-2,4-5H2,(H2,16,17,18). The Morgan fingerprint density at radius 3 is 2.65 bits per heavy atom. The van der Waals surface area contributed by atoms with E-state index in [1.807, 2.05) is 0 Å². The van der Waals surface area contributed by atoms with E-state index in [4.69, 9.17) is 5.73 Å². The van der Waals surface area contributed by atoms with Gasteiger partial charge in [0.05, 0.1) is 6.10 Å². The van der Waals surface area contributed by atoms with Gasteiger partial charge in [0.1, 0.15) is 5.82 Å². The quantitative estimate of drug-likeness (QED) is 0.814. The van der Waals surface area contributed by atoms with Crippen LogP contribution in [-0.2, 0) is 6.18 Å². The summed E-state index contributed by atoms with van der Waals surface area (Å²) >= 11 is 0. The maximum absolute atomic E-state index is 12.7. The van der Waals surface area contributed by atoms with Gasteiger partial charge >= 0.3 is 6.18 Å². The number of hydrogen-bond acceptors (Lipinski definition) is 5. The summed E-state index contributed by atoms with van der Waals surface area (Å²) in [4.78, 5) is 8.88. The number of aliphatic hydroxyl groups is 1. The number of nitrogens with zero attached hydrogens (tertiary/aromatic N) is 3. The normalized spacial score (nSPS) is 29.8. The first-order chi connectivity index (χ1) is 9.34. The molecule has 0 aromatic carbocycles. The summed E-state index contributed by atoms with van der Waals surface area (Å²) in [6, 6.07) is 0.920. The van der Waals surface area contributed by atoms with Crippen LogP contribution in [0.3, 0.4) is 0 Å². The van der Waals surface area contributed by atoms with E-state index in [1.165, 1.54) is 0 Å². The molecule has 0 amide bonds. The fourth-order valence-electron chi connectivity index (χ4n) is 3.18. The second-order valence-corrected chi connectivity index (χ2v) is 5.44. The van der Waals surface area contributed by atoms with Gasteiger partial charge in [-0.15, -0.1) is 0 Å². The minimum Gasteiger partial charge on any atom is -0.393 e. The van der Waals surface area contributed by atoms with Crippen LogP contribution in [-0.4, -0.2) is 34.3 Å². The summed E-state index contributed by atoms with van der Waals surface area (Å²) in [6.07, 6.45) is -3.25. The van der Waals surface area contributed by atoms with E-state index in [-0.39, 0.29) is 23.8 Å². The molecule has 20 heavy (non-hydrogen) atoms. The summed E-state index contributed by atoms with van der Waals surface area (Å²) in [6.45, 7) is 1.12. The molecule has 1 saturated carbocycles. The van der Waals surface area contributed by atoms with Crippen molar-refractivity contribution in [3.63, 3.8) is 0 Å². The molecule has 8 heteroatoms.